The molecule has 9 heteroatoms. The van der Waals surface area contributed by atoms with Gasteiger partial charge in [0.05, 0.1) is 16.3 Å². The minimum absolute atomic E-state index is 0.0900. The number of pyridine rings is 1. The van der Waals surface area contributed by atoms with Crippen LogP contribution in [0.2, 0.25) is 5.02 Å². The van der Waals surface area contributed by atoms with Crippen LogP contribution < -0.4 is 10.6 Å². The molecule has 3 aromatic rings. The molecule has 7 nitrogen and oxygen atoms in total. The number of carbonyl (C=O) groups is 1. The third-order valence-corrected chi connectivity index (χ3v) is 8.20. The second kappa shape index (κ2) is 10.7. The Kier molecular flexibility index (Phi) is 7.70. The van der Waals surface area contributed by atoms with E-state index in [0.717, 1.165) is 28.6 Å². The number of fused-ring (bicyclic) bond motifs is 1. The van der Waals surface area contributed by atoms with Gasteiger partial charge in [-0.25, -0.2) is 8.42 Å². The summed E-state index contributed by atoms with van der Waals surface area (Å²) in [5.41, 5.74) is 2.80. The van der Waals surface area contributed by atoms with E-state index >= 15 is 0 Å². The van der Waals surface area contributed by atoms with Crippen molar-refractivity contribution in [2.45, 2.75) is 31.1 Å². The Bertz CT molecular complexity index is 1260. The first-order valence-electron chi connectivity index (χ1n) is 11.5. The summed E-state index contributed by atoms with van der Waals surface area (Å²) in [5.74, 6) is -0.427. The highest BCUT2D eigenvalue weighted by atomic mass is 35.5. The molecular weight excluding hydrogens is 472 g/mol. The molecule has 1 atom stereocenters. The van der Waals surface area contributed by atoms with E-state index in [9.17, 15) is 13.2 Å². The smallest absolute Gasteiger partial charge is 0.243 e. The Morgan fingerprint density at radius 2 is 1.94 bits per heavy atom. The summed E-state index contributed by atoms with van der Waals surface area (Å²) in [6, 6.07) is 14.4. The predicted molar refractivity (Wildman–Crippen MR) is 136 cm³/mol. The number of nitrogens with one attached hydrogen (secondary N) is 2. The lowest BCUT2D eigenvalue weighted by atomic mass is 9.99. The van der Waals surface area contributed by atoms with Gasteiger partial charge >= 0.3 is 0 Å². The van der Waals surface area contributed by atoms with E-state index in [1.807, 2.05) is 31.2 Å². The Hall–Kier alpha value is -2.68. The lowest BCUT2D eigenvalue weighted by Gasteiger charge is -2.31. The van der Waals surface area contributed by atoms with Crippen molar-refractivity contribution in [3.05, 3.63) is 65.3 Å². The molecule has 1 saturated heterocycles. The molecule has 1 fully saturated rings. The van der Waals surface area contributed by atoms with E-state index in [4.69, 9.17) is 11.6 Å². The van der Waals surface area contributed by atoms with Crippen molar-refractivity contribution >= 4 is 44.1 Å². The normalized spacial score (nSPS) is 16.9. The Balaban J connectivity index is 1.26. The summed E-state index contributed by atoms with van der Waals surface area (Å²) < 4.78 is 27.4. The Morgan fingerprint density at radius 1 is 1.15 bits per heavy atom. The summed E-state index contributed by atoms with van der Waals surface area (Å²) in [4.78, 5) is 17.3. The second-order valence-electron chi connectivity index (χ2n) is 8.61. The minimum atomic E-state index is -3.60. The van der Waals surface area contributed by atoms with Crippen LogP contribution in [-0.2, 0) is 14.8 Å². The van der Waals surface area contributed by atoms with Crippen LogP contribution in [0.4, 0.5) is 5.69 Å². The number of rotatable bonds is 8. The fraction of sp³-hybridized carbons (Fsp3) is 0.360. The molecule has 2 aromatic carbocycles. The average Bonchev–Trinajstić information content (AvgIpc) is 2.84. The van der Waals surface area contributed by atoms with E-state index in [2.05, 4.69) is 15.6 Å². The number of sulfonamides is 1. The molecule has 2 heterocycles. The number of halogens is 1. The number of anilines is 1. The lowest BCUT2D eigenvalue weighted by Crippen LogP contribution is -2.45. The highest BCUT2D eigenvalue weighted by molar-refractivity contribution is 7.89. The fourth-order valence-corrected chi connectivity index (χ4v) is 5.87. The molecule has 0 radical (unpaired) electrons. The lowest BCUT2D eigenvalue weighted by molar-refractivity contribution is -0.126. The van der Waals surface area contributed by atoms with Gasteiger partial charge in [0.15, 0.2) is 0 Å². The zero-order chi connectivity index (χ0) is 24.1. The largest absolute Gasteiger partial charge is 0.384 e. The van der Waals surface area contributed by atoms with Gasteiger partial charge in [-0.2, -0.15) is 4.31 Å². The standard InChI is InChI=1S/C25H29ClN4O3S/c1-18-5-8-21(9-6-18)34(32,33)30-15-2-4-19(17-30)25(31)29-13-3-12-27-23-11-14-28-24-16-20(26)7-10-22(23)24/h5-11,14,16,19H,2-4,12-13,15,17H2,1H3,(H,27,28)(H,29,31)/t19-/m0/s1. The van der Waals surface area contributed by atoms with Crippen LogP contribution in [0.1, 0.15) is 24.8 Å². The van der Waals surface area contributed by atoms with Gasteiger partial charge in [-0.15, -0.1) is 0 Å². The summed E-state index contributed by atoms with van der Waals surface area (Å²) >= 11 is 6.04. The zero-order valence-corrected chi connectivity index (χ0v) is 20.7. The fourth-order valence-electron chi connectivity index (χ4n) is 4.18. The molecule has 0 unspecified atom stereocenters. The van der Waals surface area contributed by atoms with Gasteiger partial charge < -0.3 is 10.6 Å². The maximum absolute atomic E-state index is 13.0. The maximum Gasteiger partial charge on any atom is 0.243 e. The van der Waals surface area contributed by atoms with Gasteiger partial charge in [-0.05, 0) is 62.6 Å². The SMILES string of the molecule is Cc1ccc(S(=O)(=O)N2CCC[C@H](C(=O)NCCCNc3ccnc4cc(Cl)ccc34)C2)cc1. The number of hydrogen-bond donors (Lipinski definition) is 2. The molecule has 0 spiro atoms. The van der Waals surface area contributed by atoms with Gasteiger partial charge in [-0.3, -0.25) is 9.78 Å². The van der Waals surface area contributed by atoms with Crippen LogP contribution in [0.25, 0.3) is 10.9 Å². The molecule has 0 saturated carbocycles. The first-order valence-corrected chi connectivity index (χ1v) is 13.3. The topological polar surface area (TPSA) is 91.4 Å². The monoisotopic (exact) mass is 500 g/mol. The van der Waals surface area contributed by atoms with Crippen LogP contribution >= 0.6 is 11.6 Å². The number of aryl methyl sites for hydroxylation is 1. The van der Waals surface area contributed by atoms with E-state index in [-0.39, 0.29) is 23.3 Å². The highest BCUT2D eigenvalue weighted by Crippen LogP contribution is 2.25. The number of benzene rings is 2. The second-order valence-corrected chi connectivity index (χ2v) is 11.0. The van der Waals surface area contributed by atoms with Gasteiger partial charge in [0.25, 0.3) is 0 Å². The molecule has 4 rings (SSSR count). The molecule has 1 aromatic heterocycles. The van der Waals surface area contributed by atoms with Crippen LogP contribution in [0, 0.1) is 12.8 Å². The van der Waals surface area contributed by atoms with Gasteiger partial charge in [0.1, 0.15) is 0 Å². The summed E-state index contributed by atoms with van der Waals surface area (Å²) in [5, 5.41) is 8.00. The Morgan fingerprint density at radius 3 is 2.74 bits per heavy atom. The number of hydrogen-bond acceptors (Lipinski definition) is 5. The van der Waals surface area contributed by atoms with Crippen molar-refractivity contribution in [3.8, 4) is 0 Å². The van der Waals surface area contributed by atoms with Crippen molar-refractivity contribution in [1.82, 2.24) is 14.6 Å². The summed E-state index contributed by atoms with van der Waals surface area (Å²) in [6.07, 6.45) is 3.84. The number of aromatic nitrogens is 1. The van der Waals surface area contributed by atoms with Crippen LogP contribution in [-0.4, -0.2) is 49.8 Å². The number of nitrogens with zero attached hydrogens (tertiary/aromatic N) is 2. The van der Waals surface area contributed by atoms with Crippen molar-refractivity contribution in [2.75, 3.05) is 31.5 Å². The van der Waals surface area contributed by atoms with Gasteiger partial charge in [0, 0.05) is 48.5 Å². The molecular formula is C25H29ClN4O3S. The van der Waals surface area contributed by atoms with E-state index in [0.29, 0.717) is 37.5 Å². The van der Waals surface area contributed by atoms with E-state index in [1.165, 1.54) is 4.31 Å². The molecule has 34 heavy (non-hydrogen) atoms. The summed E-state index contributed by atoms with van der Waals surface area (Å²) in [7, 11) is -3.60. The molecule has 1 amide bonds. The van der Waals surface area contributed by atoms with Crippen LogP contribution in [0.3, 0.4) is 0 Å². The van der Waals surface area contributed by atoms with Crippen molar-refractivity contribution in [1.29, 1.82) is 0 Å². The number of piperidine rings is 1. The quantitative estimate of drug-likeness (QED) is 0.452. The van der Waals surface area contributed by atoms with Gasteiger partial charge in [-0.1, -0.05) is 29.3 Å². The van der Waals surface area contributed by atoms with Crippen molar-refractivity contribution in [2.24, 2.45) is 5.92 Å². The van der Waals surface area contributed by atoms with Crippen molar-refractivity contribution < 1.29 is 13.2 Å². The first kappa shape index (κ1) is 24.4. The number of amides is 1. The van der Waals surface area contributed by atoms with Gasteiger partial charge in [0.2, 0.25) is 15.9 Å². The zero-order valence-electron chi connectivity index (χ0n) is 19.1. The van der Waals surface area contributed by atoms with Crippen LogP contribution in [0.15, 0.2) is 59.6 Å². The highest BCUT2D eigenvalue weighted by Gasteiger charge is 2.33. The third-order valence-electron chi connectivity index (χ3n) is 6.09. The number of carbonyl (C=O) groups excluding carboxylic acids is 1. The molecule has 1 aliphatic heterocycles. The third kappa shape index (κ3) is 5.68. The predicted octanol–water partition coefficient (Wildman–Crippen LogP) is 4.22. The minimum Gasteiger partial charge on any atom is -0.384 e. The Labute approximate surface area is 205 Å². The first-order chi connectivity index (χ1) is 16.3. The van der Waals surface area contributed by atoms with Crippen LogP contribution in [0.5, 0.6) is 0 Å². The van der Waals surface area contributed by atoms with Crippen molar-refractivity contribution in [3.63, 3.8) is 0 Å². The molecule has 1 aliphatic rings. The maximum atomic E-state index is 13.0. The molecule has 0 aliphatic carbocycles. The van der Waals surface area contributed by atoms with E-state index < -0.39 is 10.0 Å². The van der Waals surface area contributed by atoms with E-state index in [1.54, 1.807) is 30.5 Å². The average molecular weight is 501 g/mol. The molecule has 0 bridgehead atoms. The summed E-state index contributed by atoms with van der Waals surface area (Å²) in [6.45, 7) is 3.77. The molecule has 180 valence electrons. The molecule has 2 N–H and O–H groups in total.